The summed E-state index contributed by atoms with van der Waals surface area (Å²) in [6, 6.07) is 19.7. The third kappa shape index (κ3) is 3.70. The molecule has 0 radical (unpaired) electrons. The molecule has 0 heterocycles. The van der Waals surface area contributed by atoms with Crippen molar-refractivity contribution in [3.05, 3.63) is 88.7 Å². The van der Waals surface area contributed by atoms with E-state index in [0.29, 0.717) is 12.1 Å². The molecule has 27 heavy (non-hydrogen) atoms. The first-order valence-corrected chi connectivity index (χ1v) is 9.07. The van der Waals surface area contributed by atoms with E-state index in [9.17, 15) is 9.18 Å². The van der Waals surface area contributed by atoms with Crippen LogP contribution in [-0.4, -0.2) is 12.5 Å². The lowest BCUT2D eigenvalue weighted by atomic mass is 10.1. The van der Waals surface area contributed by atoms with Crippen molar-refractivity contribution in [3.63, 3.8) is 0 Å². The van der Waals surface area contributed by atoms with Crippen LogP contribution in [0.15, 0.2) is 60.7 Å². The number of carbonyl (C=O) groups is 1. The number of fused-ring (bicyclic) bond motifs is 3. The molecule has 3 aromatic carbocycles. The van der Waals surface area contributed by atoms with Gasteiger partial charge in [0.05, 0.1) is 6.54 Å². The molecule has 0 atom stereocenters. The first kappa shape index (κ1) is 17.3. The molecule has 4 heteroatoms. The van der Waals surface area contributed by atoms with Crippen LogP contribution in [0.3, 0.4) is 0 Å². The van der Waals surface area contributed by atoms with Gasteiger partial charge in [-0.25, -0.2) is 4.39 Å². The molecule has 0 bridgehead atoms. The van der Waals surface area contributed by atoms with Gasteiger partial charge in [0.1, 0.15) is 5.82 Å². The van der Waals surface area contributed by atoms with Crippen LogP contribution in [0.4, 0.5) is 10.1 Å². The minimum Gasteiger partial charge on any atom is -0.376 e. The Morgan fingerprint density at radius 3 is 2.67 bits per heavy atom. The van der Waals surface area contributed by atoms with Gasteiger partial charge >= 0.3 is 0 Å². The third-order valence-electron chi connectivity index (χ3n) is 4.97. The van der Waals surface area contributed by atoms with E-state index >= 15 is 0 Å². The molecule has 1 amide bonds. The van der Waals surface area contributed by atoms with Crippen LogP contribution in [-0.2, 0) is 17.8 Å². The Morgan fingerprint density at radius 2 is 1.81 bits per heavy atom. The summed E-state index contributed by atoms with van der Waals surface area (Å²) < 4.78 is 13.6. The van der Waals surface area contributed by atoms with Gasteiger partial charge in [0.25, 0.3) is 0 Å². The Bertz CT molecular complexity index is 1010. The van der Waals surface area contributed by atoms with Crippen molar-refractivity contribution in [2.45, 2.75) is 19.9 Å². The zero-order chi connectivity index (χ0) is 18.8. The maximum atomic E-state index is 13.6. The van der Waals surface area contributed by atoms with Crippen LogP contribution < -0.4 is 10.6 Å². The topological polar surface area (TPSA) is 41.1 Å². The highest BCUT2D eigenvalue weighted by molar-refractivity contribution is 5.82. The molecule has 4 rings (SSSR count). The van der Waals surface area contributed by atoms with E-state index in [1.54, 1.807) is 13.0 Å². The van der Waals surface area contributed by atoms with E-state index in [0.717, 1.165) is 17.7 Å². The van der Waals surface area contributed by atoms with Gasteiger partial charge in [0.15, 0.2) is 0 Å². The highest BCUT2D eigenvalue weighted by Crippen LogP contribution is 2.37. The lowest BCUT2D eigenvalue weighted by Gasteiger charge is -2.10. The Balaban J connectivity index is 1.33. The summed E-state index contributed by atoms with van der Waals surface area (Å²) in [7, 11) is 0. The summed E-state index contributed by atoms with van der Waals surface area (Å²) >= 11 is 0. The molecule has 1 aliphatic rings. The van der Waals surface area contributed by atoms with E-state index in [-0.39, 0.29) is 18.3 Å². The zero-order valence-electron chi connectivity index (χ0n) is 15.2. The Morgan fingerprint density at radius 1 is 1.00 bits per heavy atom. The molecule has 0 saturated carbocycles. The molecule has 0 spiro atoms. The standard InChI is InChI=1S/C23H21FN2O/c1-15-6-7-16(10-22(15)24)13-26-23(27)14-25-19-8-9-21-18(12-19)11-17-4-2-3-5-20(17)21/h2-10,12,25H,11,13-14H2,1H3,(H,26,27). The van der Waals surface area contributed by atoms with E-state index < -0.39 is 0 Å². The quantitative estimate of drug-likeness (QED) is 0.553. The summed E-state index contributed by atoms with van der Waals surface area (Å²) in [6.45, 7) is 2.22. The monoisotopic (exact) mass is 360 g/mol. The Kier molecular flexibility index (Phi) is 4.63. The second-order valence-corrected chi connectivity index (χ2v) is 6.92. The predicted molar refractivity (Wildman–Crippen MR) is 106 cm³/mol. The SMILES string of the molecule is Cc1ccc(CNC(=O)CNc2ccc3c(c2)Cc2ccccc2-3)cc1F. The fourth-order valence-electron chi connectivity index (χ4n) is 3.45. The van der Waals surface area contributed by atoms with Crippen molar-refractivity contribution in [1.29, 1.82) is 0 Å². The third-order valence-corrected chi connectivity index (χ3v) is 4.97. The minimum absolute atomic E-state index is 0.125. The number of amides is 1. The summed E-state index contributed by atoms with van der Waals surface area (Å²) in [5.41, 5.74) is 7.46. The average molecular weight is 360 g/mol. The maximum absolute atomic E-state index is 13.6. The lowest BCUT2D eigenvalue weighted by Crippen LogP contribution is -2.29. The van der Waals surface area contributed by atoms with Gasteiger partial charge in [0.2, 0.25) is 5.91 Å². The van der Waals surface area contributed by atoms with Crippen molar-refractivity contribution in [2.24, 2.45) is 0 Å². The number of rotatable bonds is 5. The van der Waals surface area contributed by atoms with E-state index in [2.05, 4.69) is 47.0 Å². The summed E-state index contributed by atoms with van der Waals surface area (Å²) in [5, 5.41) is 5.99. The number of halogens is 1. The van der Waals surface area contributed by atoms with Crippen LogP contribution in [0.25, 0.3) is 11.1 Å². The molecular weight excluding hydrogens is 339 g/mol. The largest absolute Gasteiger partial charge is 0.376 e. The number of anilines is 1. The van der Waals surface area contributed by atoms with E-state index in [1.165, 1.54) is 28.3 Å². The van der Waals surface area contributed by atoms with Gasteiger partial charge in [-0.15, -0.1) is 0 Å². The van der Waals surface area contributed by atoms with Crippen molar-refractivity contribution in [2.75, 3.05) is 11.9 Å². The number of hydrogen-bond acceptors (Lipinski definition) is 2. The van der Waals surface area contributed by atoms with Gasteiger partial charge in [-0.3, -0.25) is 4.79 Å². The number of carbonyl (C=O) groups excluding carboxylic acids is 1. The molecule has 1 aliphatic carbocycles. The highest BCUT2D eigenvalue weighted by Gasteiger charge is 2.17. The van der Waals surface area contributed by atoms with Gasteiger partial charge < -0.3 is 10.6 Å². The smallest absolute Gasteiger partial charge is 0.239 e. The van der Waals surface area contributed by atoms with Crippen molar-refractivity contribution >= 4 is 11.6 Å². The Labute approximate surface area is 158 Å². The van der Waals surface area contributed by atoms with Gasteiger partial charge in [0, 0.05) is 12.2 Å². The van der Waals surface area contributed by atoms with Crippen molar-refractivity contribution in [3.8, 4) is 11.1 Å². The predicted octanol–water partition coefficient (Wildman–Crippen LogP) is 4.43. The van der Waals surface area contributed by atoms with Gasteiger partial charge in [-0.05, 0) is 64.9 Å². The van der Waals surface area contributed by atoms with Crippen molar-refractivity contribution < 1.29 is 9.18 Å². The number of nitrogens with one attached hydrogen (secondary N) is 2. The molecule has 3 nitrogen and oxygen atoms in total. The first-order valence-electron chi connectivity index (χ1n) is 9.07. The van der Waals surface area contributed by atoms with E-state index in [1.807, 2.05) is 12.1 Å². The molecule has 0 saturated heterocycles. The Hall–Kier alpha value is -3.14. The normalized spacial score (nSPS) is 11.6. The van der Waals surface area contributed by atoms with Gasteiger partial charge in [-0.2, -0.15) is 0 Å². The fourth-order valence-corrected chi connectivity index (χ4v) is 3.45. The second kappa shape index (κ2) is 7.23. The molecule has 2 N–H and O–H groups in total. The van der Waals surface area contributed by atoms with Crippen molar-refractivity contribution in [1.82, 2.24) is 5.32 Å². The number of hydrogen-bond donors (Lipinski definition) is 2. The maximum Gasteiger partial charge on any atom is 0.239 e. The zero-order valence-corrected chi connectivity index (χ0v) is 15.2. The van der Waals surface area contributed by atoms with Crippen LogP contribution >= 0.6 is 0 Å². The summed E-state index contributed by atoms with van der Waals surface area (Å²) in [4.78, 5) is 12.1. The highest BCUT2D eigenvalue weighted by atomic mass is 19.1. The summed E-state index contributed by atoms with van der Waals surface area (Å²) in [6.07, 6.45) is 0.923. The molecule has 0 fully saturated rings. The fraction of sp³-hybridized carbons (Fsp3) is 0.174. The van der Waals surface area contributed by atoms with E-state index in [4.69, 9.17) is 0 Å². The number of aryl methyl sites for hydroxylation is 1. The lowest BCUT2D eigenvalue weighted by molar-refractivity contribution is -0.119. The first-order chi connectivity index (χ1) is 13.1. The van der Waals surface area contributed by atoms with Crippen LogP contribution in [0.5, 0.6) is 0 Å². The minimum atomic E-state index is -0.251. The summed E-state index contributed by atoms with van der Waals surface area (Å²) in [5.74, 6) is -0.376. The molecule has 0 aromatic heterocycles. The second-order valence-electron chi connectivity index (χ2n) is 6.92. The molecule has 0 aliphatic heterocycles. The van der Waals surface area contributed by atoms with Gasteiger partial charge in [-0.1, -0.05) is 42.5 Å². The average Bonchev–Trinajstić information content (AvgIpc) is 3.05. The molecule has 136 valence electrons. The van der Waals surface area contributed by atoms with Crippen LogP contribution in [0.2, 0.25) is 0 Å². The molecule has 3 aromatic rings. The van der Waals surface area contributed by atoms with Crippen LogP contribution in [0.1, 0.15) is 22.3 Å². The number of benzene rings is 3. The molecule has 0 unspecified atom stereocenters. The molecular formula is C23H21FN2O. The van der Waals surface area contributed by atoms with Crippen LogP contribution in [0, 0.1) is 12.7 Å².